The Morgan fingerprint density at radius 1 is 1.25 bits per heavy atom. The Hall–Kier alpha value is -2.23. The third kappa shape index (κ3) is 3.49. The minimum Gasteiger partial charge on any atom is -0.508 e. The summed E-state index contributed by atoms with van der Waals surface area (Å²) in [5, 5.41) is 27.5. The summed E-state index contributed by atoms with van der Waals surface area (Å²) in [6, 6.07) is 4.24. The van der Waals surface area contributed by atoms with Crippen LogP contribution < -0.4 is 0 Å². The van der Waals surface area contributed by atoms with Crippen molar-refractivity contribution in [2.45, 2.75) is 6.92 Å². The minimum absolute atomic E-state index is 0.167. The molecule has 0 aromatic heterocycles. The van der Waals surface area contributed by atoms with Crippen molar-refractivity contribution < 1.29 is 20.1 Å². The molecule has 1 rings (SSSR count). The Kier molecular flexibility index (Phi) is 3.72. The topological polar surface area (TPSA) is 77.8 Å². The second-order valence-corrected chi connectivity index (χ2v) is 3.26. The molecular formula is C12H12O4. The molecule has 4 heteroatoms. The summed E-state index contributed by atoms with van der Waals surface area (Å²) in [6.07, 6.45) is 3.91. The number of aromatic hydroxyl groups is 2. The smallest absolute Gasteiger partial charge is 0.157 e. The molecule has 0 amide bonds. The molecule has 0 aliphatic heterocycles. The molecule has 0 unspecified atom stereocenters. The first-order valence-electron chi connectivity index (χ1n) is 4.60. The highest BCUT2D eigenvalue weighted by Crippen LogP contribution is 2.25. The van der Waals surface area contributed by atoms with E-state index in [1.165, 1.54) is 31.2 Å². The summed E-state index contributed by atoms with van der Waals surface area (Å²) in [6.45, 7) is 1.33. The van der Waals surface area contributed by atoms with Crippen LogP contribution >= 0.6 is 0 Å². The van der Waals surface area contributed by atoms with Gasteiger partial charge in [-0.25, -0.2) is 0 Å². The molecule has 0 saturated carbocycles. The van der Waals surface area contributed by atoms with E-state index in [0.29, 0.717) is 5.56 Å². The molecule has 0 atom stereocenters. The van der Waals surface area contributed by atoms with Crippen molar-refractivity contribution in [3.05, 3.63) is 41.7 Å². The van der Waals surface area contributed by atoms with E-state index < -0.39 is 0 Å². The Morgan fingerprint density at radius 3 is 2.50 bits per heavy atom. The number of allylic oxidation sites excluding steroid dienone is 2. The highest BCUT2D eigenvalue weighted by atomic mass is 16.3. The van der Waals surface area contributed by atoms with Crippen molar-refractivity contribution in [2.24, 2.45) is 0 Å². The van der Waals surface area contributed by atoms with Gasteiger partial charge in [0.2, 0.25) is 0 Å². The fourth-order valence-electron chi connectivity index (χ4n) is 1.08. The Morgan fingerprint density at radius 2 is 1.94 bits per heavy atom. The normalized spacial score (nSPS) is 11.9. The Labute approximate surface area is 92.8 Å². The van der Waals surface area contributed by atoms with Crippen LogP contribution in [0.4, 0.5) is 0 Å². The molecule has 1 aromatic carbocycles. The number of aliphatic hydroxyl groups is 1. The number of carbonyl (C=O) groups excluding carboxylic acids is 1. The maximum absolute atomic E-state index is 10.6. The van der Waals surface area contributed by atoms with Crippen molar-refractivity contribution in [3.8, 4) is 11.5 Å². The molecule has 0 fully saturated rings. The van der Waals surface area contributed by atoms with Crippen molar-refractivity contribution >= 4 is 11.9 Å². The number of phenols is 2. The van der Waals surface area contributed by atoms with Gasteiger partial charge in [0, 0.05) is 6.08 Å². The molecule has 0 bridgehead atoms. The number of rotatable bonds is 3. The lowest BCUT2D eigenvalue weighted by molar-refractivity contribution is -0.112. The zero-order valence-corrected chi connectivity index (χ0v) is 8.71. The number of benzene rings is 1. The van der Waals surface area contributed by atoms with Crippen LogP contribution in [0.5, 0.6) is 11.5 Å². The first-order chi connectivity index (χ1) is 7.49. The third-order valence-electron chi connectivity index (χ3n) is 1.80. The predicted octanol–water partition coefficient (Wildman–Crippen LogP) is 2.14. The second kappa shape index (κ2) is 5.02. The number of hydrogen-bond donors (Lipinski definition) is 3. The monoisotopic (exact) mass is 220 g/mol. The maximum atomic E-state index is 10.6. The maximum Gasteiger partial charge on any atom is 0.157 e. The highest BCUT2D eigenvalue weighted by molar-refractivity contribution is 5.88. The van der Waals surface area contributed by atoms with Gasteiger partial charge in [0.25, 0.3) is 0 Å². The molecule has 16 heavy (non-hydrogen) atoms. The van der Waals surface area contributed by atoms with Gasteiger partial charge in [0.05, 0.1) is 0 Å². The van der Waals surface area contributed by atoms with Crippen LogP contribution in [0.15, 0.2) is 36.1 Å². The van der Waals surface area contributed by atoms with Crippen LogP contribution in [-0.2, 0) is 4.79 Å². The zero-order chi connectivity index (χ0) is 12.1. The van der Waals surface area contributed by atoms with E-state index in [9.17, 15) is 15.0 Å². The quantitative estimate of drug-likeness (QED) is 0.315. The molecule has 0 radical (unpaired) electrons. The van der Waals surface area contributed by atoms with Crippen LogP contribution in [0.3, 0.4) is 0 Å². The standard InChI is InChI=1S/C12H12O4/c1-8(13)6-10(14)4-2-9-3-5-11(15)12(16)7-9/h2-7,14-16H,1H3/b4-2+,10-6?. The molecule has 4 nitrogen and oxygen atoms in total. The van der Waals surface area contributed by atoms with Crippen molar-refractivity contribution in [1.29, 1.82) is 0 Å². The Bertz CT molecular complexity index is 458. The van der Waals surface area contributed by atoms with E-state index in [2.05, 4.69) is 0 Å². The predicted molar refractivity (Wildman–Crippen MR) is 60.2 cm³/mol. The van der Waals surface area contributed by atoms with Gasteiger partial charge in [-0.05, 0) is 30.7 Å². The molecule has 0 aliphatic rings. The highest BCUT2D eigenvalue weighted by Gasteiger charge is 1.98. The van der Waals surface area contributed by atoms with Gasteiger partial charge in [-0.2, -0.15) is 0 Å². The summed E-state index contributed by atoms with van der Waals surface area (Å²) >= 11 is 0. The molecule has 0 saturated heterocycles. The van der Waals surface area contributed by atoms with Gasteiger partial charge in [-0.1, -0.05) is 12.1 Å². The number of phenolic OH excluding ortho intramolecular Hbond substituents is 2. The lowest BCUT2D eigenvalue weighted by Crippen LogP contribution is -1.84. The van der Waals surface area contributed by atoms with Crippen molar-refractivity contribution in [1.82, 2.24) is 0 Å². The summed E-state index contributed by atoms with van der Waals surface area (Å²) < 4.78 is 0. The van der Waals surface area contributed by atoms with Crippen molar-refractivity contribution in [3.63, 3.8) is 0 Å². The van der Waals surface area contributed by atoms with Crippen LogP contribution in [0.2, 0.25) is 0 Å². The average molecular weight is 220 g/mol. The average Bonchev–Trinajstić information content (AvgIpc) is 2.19. The molecule has 84 valence electrons. The van der Waals surface area contributed by atoms with E-state index in [1.807, 2.05) is 0 Å². The second-order valence-electron chi connectivity index (χ2n) is 3.26. The summed E-state index contributed by atoms with van der Waals surface area (Å²) in [4.78, 5) is 10.6. The van der Waals surface area contributed by atoms with Gasteiger partial charge in [-0.15, -0.1) is 0 Å². The molecular weight excluding hydrogens is 208 g/mol. The van der Waals surface area contributed by atoms with Gasteiger partial charge in [0.15, 0.2) is 17.3 Å². The zero-order valence-electron chi connectivity index (χ0n) is 8.71. The van der Waals surface area contributed by atoms with Crippen molar-refractivity contribution in [2.75, 3.05) is 0 Å². The van der Waals surface area contributed by atoms with Gasteiger partial charge in [0.1, 0.15) is 5.76 Å². The number of carbonyl (C=O) groups is 1. The number of aliphatic hydroxyl groups excluding tert-OH is 1. The molecule has 0 spiro atoms. The van der Waals surface area contributed by atoms with E-state index in [1.54, 1.807) is 6.07 Å². The van der Waals surface area contributed by atoms with E-state index >= 15 is 0 Å². The SMILES string of the molecule is CC(=O)C=C(O)/C=C/c1ccc(O)c(O)c1. The van der Waals surface area contributed by atoms with Gasteiger partial charge in [-0.3, -0.25) is 4.79 Å². The number of hydrogen-bond acceptors (Lipinski definition) is 4. The Balaban J connectivity index is 2.84. The first kappa shape index (κ1) is 11.8. The van der Waals surface area contributed by atoms with Crippen LogP contribution in [0.1, 0.15) is 12.5 Å². The van der Waals surface area contributed by atoms with Crippen LogP contribution in [-0.4, -0.2) is 21.1 Å². The number of ketones is 1. The molecule has 0 heterocycles. The minimum atomic E-state index is -0.254. The van der Waals surface area contributed by atoms with Crippen LogP contribution in [0, 0.1) is 0 Å². The molecule has 1 aromatic rings. The van der Waals surface area contributed by atoms with E-state index in [-0.39, 0.29) is 23.0 Å². The summed E-state index contributed by atoms with van der Waals surface area (Å²) in [7, 11) is 0. The van der Waals surface area contributed by atoms with Gasteiger partial charge >= 0.3 is 0 Å². The fourth-order valence-corrected chi connectivity index (χ4v) is 1.08. The summed E-state index contributed by atoms with van der Waals surface area (Å²) in [5.41, 5.74) is 0.596. The lowest BCUT2D eigenvalue weighted by atomic mass is 10.2. The molecule has 3 N–H and O–H groups in total. The fraction of sp³-hybridized carbons (Fsp3) is 0.0833. The van der Waals surface area contributed by atoms with Crippen LogP contribution in [0.25, 0.3) is 6.08 Å². The summed E-state index contributed by atoms with van der Waals surface area (Å²) in [5.74, 6) is -0.867. The van der Waals surface area contributed by atoms with E-state index in [0.717, 1.165) is 6.08 Å². The van der Waals surface area contributed by atoms with Gasteiger partial charge < -0.3 is 15.3 Å². The first-order valence-corrected chi connectivity index (χ1v) is 4.60. The third-order valence-corrected chi connectivity index (χ3v) is 1.80. The largest absolute Gasteiger partial charge is 0.508 e. The van der Waals surface area contributed by atoms with E-state index in [4.69, 9.17) is 5.11 Å². The molecule has 0 aliphatic carbocycles. The lowest BCUT2D eigenvalue weighted by Gasteiger charge is -1.98.